The van der Waals surface area contributed by atoms with E-state index < -0.39 is 0 Å². The largest absolute Gasteiger partial charge is 0.496 e. The molecule has 1 unspecified atom stereocenters. The van der Waals surface area contributed by atoms with Gasteiger partial charge in [0, 0.05) is 72.5 Å². The van der Waals surface area contributed by atoms with Gasteiger partial charge in [0.1, 0.15) is 5.75 Å². The third kappa shape index (κ3) is 4.98. The zero-order chi connectivity index (χ0) is 30.0. The number of rotatable bonds is 6. The van der Waals surface area contributed by atoms with Crippen molar-refractivity contribution in [1.29, 1.82) is 0 Å². The molecule has 7 rings (SSSR count). The Morgan fingerprint density at radius 3 is 2.43 bits per heavy atom. The molecule has 2 amide bonds. The number of para-hydroxylation sites is 2. The Balaban J connectivity index is 1.21. The number of ether oxygens (including phenoxy) is 1. The Morgan fingerprint density at radius 1 is 0.864 bits per heavy atom. The van der Waals surface area contributed by atoms with Gasteiger partial charge in [0.2, 0.25) is 6.41 Å². The molecule has 0 bridgehead atoms. The topological polar surface area (TPSA) is 70.9 Å². The first kappa shape index (κ1) is 27.5. The summed E-state index contributed by atoms with van der Waals surface area (Å²) in [6, 6.07) is 31.8. The summed E-state index contributed by atoms with van der Waals surface area (Å²) in [6.45, 7) is 3.10. The predicted molar refractivity (Wildman–Crippen MR) is 171 cm³/mol. The van der Waals surface area contributed by atoms with Gasteiger partial charge >= 0.3 is 0 Å². The van der Waals surface area contributed by atoms with Crippen LogP contribution in [0.25, 0.3) is 11.1 Å². The second-order valence-electron chi connectivity index (χ2n) is 11.1. The fourth-order valence-corrected chi connectivity index (χ4v) is 6.46. The summed E-state index contributed by atoms with van der Waals surface area (Å²) < 4.78 is 7.83. The molecule has 0 saturated carbocycles. The highest BCUT2D eigenvalue weighted by molar-refractivity contribution is 6.06. The van der Waals surface area contributed by atoms with Crippen LogP contribution in [0, 0.1) is 0 Å². The lowest BCUT2D eigenvalue weighted by molar-refractivity contribution is -0.120. The van der Waals surface area contributed by atoms with E-state index in [1.54, 1.807) is 19.5 Å². The van der Waals surface area contributed by atoms with Gasteiger partial charge in [0.15, 0.2) is 0 Å². The van der Waals surface area contributed by atoms with Gasteiger partial charge in [-0.05, 0) is 59.7 Å². The number of anilines is 2. The fourth-order valence-electron chi connectivity index (χ4n) is 6.46. The molecular weight excluding hydrogens is 550 g/mol. The standard InChI is InChI=1S/C36H33N5O3/c1-44-35-9-5-3-7-31(35)26-10-12-27(13-11-26)36(43)41-23-30-14-15-33(40(30)22-28-6-2-4-8-32(28)41)34-24-38(20-21-39(34)25-42)29-16-18-37-19-17-29/h2-19,25,34H,20-24H2,1H3. The first-order valence-corrected chi connectivity index (χ1v) is 14.8. The molecule has 0 spiro atoms. The maximum atomic E-state index is 14.1. The van der Waals surface area contributed by atoms with E-state index in [2.05, 4.69) is 32.7 Å². The lowest BCUT2D eigenvalue weighted by Crippen LogP contribution is -2.48. The summed E-state index contributed by atoms with van der Waals surface area (Å²) in [5.74, 6) is 0.732. The average molecular weight is 584 g/mol. The van der Waals surface area contributed by atoms with Crippen LogP contribution in [0.1, 0.15) is 33.4 Å². The van der Waals surface area contributed by atoms with E-state index in [4.69, 9.17) is 4.74 Å². The normalized spacial score (nSPS) is 16.1. The number of fused-ring (bicyclic) bond motifs is 2. The lowest BCUT2D eigenvalue weighted by Gasteiger charge is -2.41. The van der Waals surface area contributed by atoms with E-state index in [-0.39, 0.29) is 11.9 Å². The SMILES string of the molecule is COc1ccccc1-c1ccc(C(=O)N2Cc3ccc(C4CN(c5ccncc5)CCN4C=O)n3Cc3ccccc32)cc1. The number of piperazine rings is 1. The van der Waals surface area contributed by atoms with E-state index >= 15 is 0 Å². The first-order valence-electron chi connectivity index (χ1n) is 14.8. The van der Waals surface area contributed by atoms with Crippen LogP contribution in [0.3, 0.4) is 0 Å². The minimum atomic E-state index is -0.125. The number of hydrogen-bond donors (Lipinski definition) is 0. The lowest BCUT2D eigenvalue weighted by atomic mass is 10.0. The van der Waals surface area contributed by atoms with Crippen molar-refractivity contribution in [2.45, 2.75) is 19.1 Å². The molecule has 0 radical (unpaired) electrons. The van der Waals surface area contributed by atoms with Gasteiger partial charge in [-0.2, -0.15) is 0 Å². The number of pyridine rings is 1. The molecule has 1 saturated heterocycles. The third-order valence-electron chi connectivity index (χ3n) is 8.76. The maximum absolute atomic E-state index is 14.1. The van der Waals surface area contributed by atoms with Crippen LogP contribution < -0.4 is 14.5 Å². The van der Waals surface area contributed by atoms with E-state index in [1.807, 2.05) is 88.7 Å². The molecule has 5 aromatic rings. The van der Waals surface area contributed by atoms with Crippen molar-refractivity contribution in [3.05, 3.63) is 132 Å². The molecule has 8 nitrogen and oxygen atoms in total. The molecule has 8 heteroatoms. The quantitative estimate of drug-likeness (QED) is 0.237. The Morgan fingerprint density at radius 2 is 1.64 bits per heavy atom. The summed E-state index contributed by atoms with van der Waals surface area (Å²) >= 11 is 0. The van der Waals surface area contributed by atoms with Crippen molar-refractivity contribution in [3.63, 3.8) is 0 Å². The Labute approximate surface area is 256 Å². The van der Waals surface area contributed by atoms with Crippen molar-refractivity contribution in [1.82, 2.24) is 14.5 Å². The number of carbonyl (C=O) groups excluding carboxylic acids is 2. The number of nitrogens with zero attached hydrogens (tertiary/aromatic N) is 5. The van der Waals surface area contributed by atoms with Crippen molar-refractivity contribution in [2.24, 2.45) is 0 Å². The third-order valence-corrected chi connectivity index (χ3v) is 8.76. The molecule has 1 atom stereocenters. The molecular formula is C36H33N5O3. The van der Waals surface area contributed by atoms with Gasteiger partial charge in [0.05, 0.1) is 19.7 Å². The van der Waals surface area contributed by atoms with Crippen molar-refractivity contribution < 1.29 is 14.3 Å². The molecule has 3 aromatic carbocycles. The minimum Gasteiger partial charge on any atom is -0.496 e. The summed E-state index contributed by atoms with van der Waals surface area (Å²) in [5.41, 5.74) is 7.73. The molecule has 4 heterocycles. The number of amides is 2. The Hall–Kier alpha value is -5.37. The molecule has 0 aliphatic carbocycles. The zero-order valence-corrected chi connectivity index (χ0v) is 24.5. The molecule has 0 N–H and O–H groups in total. The fraction of sp³-hybridized carbons (Fsp3) is 0.194. The van der Waals surface area contributed by atoms with Crippen LogP contribution in [0.2, 0.25) is 0 Å². The average Bonchev–Trinajstić information content (AvgIpc) is 3.40. The summed E-state index contributed by atoms with van der Waals surface area (Å²) in [7, 11) is 1.66. The molecule has 2 aliphatic heterocycles. The summed E-state index contributed by atoms with van der Waals surface area (Å²) in [6.07, 6.45) is 4.56. The Bertz CT molecular complexity index is 1800. The summed E-state index contributed by atoms with van der Waals surface area (Å²) in [5, 5.41) is 0. The molecule has 2 aromatic heterocycles. The Kier molecular flexibility index (Phi) is 7.32. The van der Waals surface area contributed by atoms with E-state index in [1.165, 1.54) is 0 Å². The highest BCUT2D eigenvalue weighted by Crippen LogP contribution is 2.35. The number of methoxy groups -OCH3 is 1. The van der Waals surface area contributed by atoms with Crippen LogP contribution in [-0.4, -0.2) is 53.5 Å². The van der Waals surface area contributed by atoms with E-state index in [0.717, 1.165) is 58.2 Å². The minimum absolute atomic E-state index is 0.0590. The van der Waals surface area contributed by atoms with Crippen molar-refractivity contribution >= 4 is 23.7 Å². The second-order valence-corrected chi connectivity index (χ2v) is 11.1. The van der Waals surface area contributed by atoms with E-state index in [9.17, 15) is 9.59 Å². The summed E-state index contributed by atoms with van der Waals surface area (Å²) in [4.78, 5) is 36.6. The number of aromatic nitrogens is 2. The van der Waals surface area contributed by atoms with Crippen LogP contribution in [0.5, 0.6) is 5.75 Å². The molecule has 44 heavy (non-hydrogen) atoms. The highest BCUT2D eigenvalue weighted by atomic mass is 16.5. The van der Waals surface area contributed by atoms with E-state index in [0.29, 0.717) is 31.7 Å². The van der Waals surface area contributed by atoms with Crippen LogP contribution in [0.15, 0.2) is 109 Å². The van der Waals surface area contributed by atoms with Gasteiger partial charge in [-0.25, -0.2) is 0 Å². The van der Waals surface area contributed by atoms with Crippen LogP contribution in [-0.2, 0) is 17.9 Å². The molecule has 220 valence electrons. The molecule has 2 aliphatic rings. The van der Waals surface area contributed by atoms with Crippen LogP contribution >= 0.6 is 0 Å². The smallest absolute Gasteiger partial charge is 0.258 e. The van der Waals surface area contributed by atoms with Gasteiger partial charge in [-0.15, -0.1) is 0 Å². The predicted octanol–water partition coefficient (Wildman–Crippen LogP) is 5.79. The zero-order valence-electron chi connectivity index (χ0n) is 24.5. The first-order chi connectivity index (χ1) is 21.6. The van der Waals surface area contributed by atoms with Gasteiger partial charge in [-0.1, -0.05) is 48.5 Å². The number of hydrogen-bond acceptors (Lipinski definition) is 5. The maximum Gasteiger partial charge on any atom is 0.258 e. The number of carbonyl (C=O) groups is 2. The van der Waals surface area contributed by atoms with Crippen LogP contribution in [0.4, 0.5) is 11.4 Å². The molecule has 1 fully saturated rings. The van der Waals surface area contributed by atoms with Crippen molar-refractivity contribution in [3.8, 4) is 16.9 Å². The van der Waals surface area contributed by atoms with Gasteiger partial charge in [0.25, 0.3) is 5.91 Å². The number of benzene rings is 3. The van der Waals surface area contributed by atoms with Gasteiger partial charge < -0.3 is 24.0 Å². The van der Waals surface area contributed by atoms with Crippen molar-refractivity contribution in [2.75, 3.05) is 36.5 Å². The monoisotopic (exact) mass is 583 g/mol. The highest BCUT2D eigenvalue weighted by Gasteiger charge is 2.33. The van der Waals surface area contributed by atoms with Gasteiger partial charge in [-0.3, -0.25) is 14.6 Å². The second kappa shape index (κ2) is 11.7.